The van der Waals surface area contributed by atoms with Gasteiger partial charge >= 0.3 is 0 Å². The summed E-state index contributed by atoms with van der Waals surface area (Å²) in [5, 5.41) is 1.67. The van der Waals surface area contributed by atoms with Crippen molar-refractivity contribution in [3.8, 4) is 17.0 Å². The Kier molecular flexibility index (Phi) is 4.41. The molecule has 0 saturated carbocycles. The molecule has 3 aromatic rings. The van der Waals surface area contributed by atoms with Crippen LogP contribution < -0.4 is 15.2 Å². The lowest BCUT2D eigenvalue weighted by Gasteiger charge is -2.31. The summed E-state index contributed by atoms with van der Waals surface area (Å²) in [5.41, 5.74) is 4.22. The summed E-state index contributed by atoms with van der Waals surface area (Å²) in [7, 11) is 1.63. The summed E-state index contributed by atoms with van der Waals surface area (Å²) in [6, 6.07) is 14.1. The first-order chi connectivity index (χ1) is 12.7. The Morgan fingerprint density at radius 3 is 2.38 bits per heavy atom. The number of methoxy groups -OCH3 is 1. The average molecular weight is 348 g/mol. The molecule has 0 amide bonds. The third-order valence-electron chi connectivity index (χ3n) is 5.21. The van der Waals surface area contributed by atoms with Gasteiger partial charge in [-0.05, 0) is 44.4 Å². The monoisotopic (exact) mass is 348 g/mol. The molecule has 0 radical (unpaired) electrons. The molecule has 1 aliphatic heterocycles. The highest BCUT2D eigenvalue weighted by molar-refractivity contribution is 6.00. The molecule has 0 spiro atoms. The van der Waals surface area contributed by atoms with Gasteiger partial charge in [0.25, 0.3) is 5.56 Å². The number of fused-ring (bicyclic) bond motifs is 1. The first-order valence-corrected chi connectivity index (χ1v) is 9.23. The van der Waals surface area contributed by atoms with E-state index in [1.165, 1.54) is 24.8 Å². The van der Waals surface area contributed by atoms with E-state index in [9.17, 15) is 4.79 Å². The first-order valence-electron chi connectivity index (χ1n) is 9.23. The van der Waals surface area contributed by atoms with Crippen LogP contribution in [-0.2, 0) is 0 Å². The molecule has 0 bridgehead atoms. The van der Waals surface area contributed by atoms with E-state index in [4.69, 9.17) is 4.74 Å². The van der Waals surface area contributed by atoms with Crippen LogP contribution in [0.2, 0.25) is 0 Å². The van der Waals surface area contributed by atoms with Gasteiger partial charge in [-0.3, -0.25) is 4.79 Å². The van der Waals surface area contributed by atoms with Crippen molar-refractivity contribution in [2.75, 3.05) is 25.1 Å². The molecule has 1 fully saturated rings. The van der Waals surface area contributed by atoms with E-state index in [0.717, 1.165) is 35.4 Å². The third kappa shape index (κ3) is 2.96. The number of H-pyrrole nitrogens is 1. The number of nitrogens with zero attached hydrogens (tertiary/aromatic N) is 1. The van der Waals surface area contributed by atoms with Crippen molar-refractivity contribution in [2.45, 2.75) is 26.2 Å². The molecule has 26 heavy (non-hydrogen) atoms. The second-order valence-corrected chi connectivity index (χ2v) is 7.00. The van der Waals surface area contributed by atoms with Gasteiger partial charge in [0.2, 0.25) is 0 Å². The number of benzene rings is 2. The number of aromatic nitrogens is 1. The highest BCUT2D eigenvalue weighted by Crippen LogP contribution is 2.37. The Balaban J connectivity index is 2.00. The highest BCUT2D eigenvalue weighted by Gasteiger charge is 2.20. The quantitative estimate of drug-likeness (QED) is 0.758. The van der Waals surface area contributed by atoms with E-state index in [1.807, 2.05) is 18.2 Å². The van der Waals surface area contributed by atoms with Crippen molar-refractivity contribution >= 4 is 16.5 Å². The molecule has 4 heteroatoms. The molecule has 4 nitrogen and oxygen atoms in total. The minimum atomic E-state index is -0.0739. The summed E-state index contributed by atoms with van der Waals surface area (Å²) >= 11 is 0. The molecule has 134 valence electrons. The molecule has 0 atom stereocenters. The lowest BCUT2D eigenvalue weighted by atomic mass is 10.0. The zero-order valence-electron chi connectivity index (χ0n) is 15.3. The highest BCUT2D eigenvalue weighted by atomic mass is 16.5. The van der Waals surface area contributed by atoms with E-state index < -0.39 is 0 Å². The maximum atomic E-state index is 12.8. The van der Waals surface area contributed by atoms with E-state index in [0.29, 0.717) is 11.1 Å². The predicted molar refractivity (Wildman–Crippen MR) is 107 cm³/mol. The van der Waals surface area contributed by atoms with Crippen LogP contribution in [0.4, 0.5) is 5.69 Å². The van der Waals surface area contributed by atoms with E-state index >= 15 is 0 Å². The second-order valence-electron chi connectivity index (χ2n) is 7.00. The SMILES string of the molecule is COc1ccc2c(N3CCCCC3)c(-c3ccc(C)cc3)[nH]c(=O)c2c1. The fourth-order valence-electron chi connectivity index (χ4n) is 3.79. The number of aryl methyl sites for hydroxylation is 1. The zero-order chi connectivity index (χ0) is 18.1. The fraction of sp³-hybridized carbons (Fsp3) is 0.318. The molecule has 0 unspecified atom stereocenters. The summed E-state index contributed by atoms with van der Waals surface area (Å²) in [6.45, 7) is 4.11. The fourth-order valence-corrected chi connectivity index (χ4v) is 3.79. The predicted octanol–water partition coefficient (Wildman–Crippen LogP) is 4.50. The largest absolute Gasteiger partial charge is 0.497 e. The van der Waals surface area contributed by atoms with Crippen molar-refractivity contribution in [1.29, 1.82) is 0 Å². The van der Waals surface area contributed by atoms with Crippen LogP contribution in [-0.4, -0.2) is 25.2 Å². The number of anilines is 1. The number of aromatic amines is 1. The van der Waals surface area contributed by atoms with Crippen molar-refractivity contribution in [3.63, 3.8) is 0 Å². The van der Waals surface area contributed by atoms with E-state index in [-0.39, 0.29) is 5.56 Å². The van der Waals surface area contributed by atoms with E-state index in [1.54, 1.807) is 7.11 Å². The van der Waals surface area contributed by atoms with Crippen LogP contribution in [0, 0.1) is 6.92 Å². The van der Waals surface area contributed by atoms with Crippen LogP contribution in [0.15, 0.2) is 47.3 Å². The maximum absolute atomic E-state index is 12.8. The molecule has 1 aromatic heterocycles. The maximum Gasteiger partial charge on any atom is 0.256 e. The minimum absolute atomic E-state index is 0.0739. The van der Waals surface area contributed by atoms with Gasteiger partial charge in [-0.1, -0.05) is 29.8 Å². The summed E-state index contributed by atoms with van der Waals surface area (Å²) in [4.78, 5) is 18.4. The van der Waals surface area contributed by atoms with Crippen LogP contribution in [0.5, 0.6) is 5.75 Å². The summed E-state index contributed by atoms with van der Waals surface area (Å²) < 4.78 is 5.32. The average Bonchev–Trinajstić information content (AvgIpc) is 2.69. The Labute approximate surface area is 153 Å². The minimum Gasteiger partial charge on any atom is -0.497 e. The van der Waals surface area contributed by atoms with Crippen molar-refractivity contribution in [2.24, 2.45) is 0 Å². The molecule has 2 aromatic carbocycles. The van der Waals surface area contributed by atoms with Crippen molar-refractivity contribution in [3.05, 3.63) is 58.4 Å². The van der Waals surface area contributed by atoms with Crippen LogP contribution in [0.3, 0.4) is 0 Å². The Hall–Kier alpha value is -2.75. The molecule has 1 N–H and O–H groups in total. The van der Waals surface area contributed by atoms with Gasteiger partial charge < -0.3 is 14.6 Å². The van der Waals surface area contributed by atoms with Gasteiger partial charge in [0.05, 0.1) is 23.9 Å². The molecular weight excluding hydrogens is 324 g/mol. The number of hydrogen-bond acceptors (Lipinski definition) is 3. The first kappa shape index (κ1) is 16.7. The van der Waals surface area contributed by atoms with Gasteiger partial charge in [-0.15, -0.1) is 0 Å². The van der Waals surface area contributed by atoms with Gasteiger partial charge in [0, 0.05) is 24.0 Å². The Morgan fingerprint density at radius 2 is 1.69 bits per heavy atom. The molecule has 1 aliphatic rings. The Bertz CT molecular complexity index is 983. The van der Waals surface area contributed by atoms with Crippen LogP contribution >= 0.6 is 0 Å². The lowest BCUT2D eigenvalue weighted by molar-refractivity contribution is 0.415. The molecular formula is C22H24N2O2. The summed E-state index contributed by atoms with van der Waals surface area (Å²) in [5.74, 6) is 0.704. The Morgan fingerprint density at radius 1 is 0.962 bits per heavy atom. The number of ether oxygens (including phenoxy) is 1. The topological polar surface area (TPSA) is 45.3 Å². The number of pyridine rings is 1. The van der Waals surface area contributed by atoms with Gasteiger partial charge in [-0.2, -0.15) is 0 Å². The zero-order valence-corrected chi connectivity index (χ0v) is 15.3. The molecule has 2 heterocycles. The van der Waals surface area contributed by atoms with Crippen LogP contribution in [0.1, 0.15) is 24.8 Å². The second kappa shape index (κ2) is 6.87. The normalized spacial score (nSPS) is 14.6. The number of piperidine rings is 1. The lowest BCUT2D eigenvalue weighted by Crippen LogP contribution is -2.31. The molecule has 4 rings (SSSR count). The standard InChI is InChI=1S/C22H24N2O2/c1-15-6-8-16(9-7-15)20-21(24-12-4-3-5-13-24)18-11-10-17(26-2)14-19(18)22(25)23-20/h6-11,14H,3-5,12-13H2,1-2H3,(H,23,25). The third-order valence-corrected chi connectivity index (χ3v) is 5.21. The summed E-state index contributed by atoms with van der Waals surface area (Å²) in [6.07, 6.45) is 3.64. The molecule has 1 saturated heterocycles. The van der Waals surface area contributed by atoms with Crippen molar-refractivity contribution in [1.82, 2.24) is 4.98 Å². The number of nitrogens with one attached hydrogen (secondary N) is 1. The number of rotatable bonds is 3. The van der Waals surface area contributed by atoms with Gasteiger partial charge in [-0.25, -0.2) is 0 Å². The number of hydrogen-bond donors (Lipinski definition) is 1. The smallest absolute Gasteiger partial charge is 0.256 e. The molecule has 0 aliphatic carbocycles. The van der Waals surface area contributed by atoms with Gasteiger partial charge in [0.1, 0.15) is 5.75 Å². The van der Waals surface area contributed by atoms with E-state index in [2.05, 4.69) is 41.1 Å². The van der Waals surface area contributed by atoms with Gasteiger partial charge in [0.15, 0.2) is 0 Å². The van der Waals surface area contributed by atoms with Crippen LogP contribution in [0.25, 0.3) is 22.0 Å². The van der Waals surface area contributed by atoms with Crippen molar-refractivity contribution < 1.29 is 4.74 Å².